The predicted octanol–water partition coefficient (Wildman–Crippen LogP) is 3.36. The minimum Gasteiger partial charge on any atom is -0.482 e. The van der Waals surface area contributed by atoms with Crippen LogP contribution in [0.5, 0.6) is 5.75 Å². The molecule has 6 nitrogen and oxygen atoms in total. The van der Waals surface area contributed by atoms with Crippen molar-refractivity contribution in [2.24, 2.45) is 11.0 Å². The smallest absolute Gasteiger partial charge is 0.281 e. The van der Waals surface area contributed by atoms with Gasteiger partial charge in [-0.2, -0.15) is 5.10 Å². The number of hydrogen-bond donors (Lipinski definition) is 2. The van der Waals surface area contributed by atoms with Crippen LogP contribution in [0.1, 0.15) is 45.9 Å². The molecule has 2 N–H and O–H groups in total. The average molecular weight is 383 g/mol. The maximum Gasteiger partial charge on any atom is 0.281 e. The molecule has 140 valence electrons. The number of amides is 2. The van der Waals surface area contributed by atoms with Crippen molar-refractivity contribution < 1.29 is 14.3 Å². The molecule has 1 unspecified atom stereocenters. The van der Waals surface area contributed by atoms with Crippen LogP contribution in [-0.2, 0) is 17.6 Å². The quantitative estimate of drug-likeness (QED) is 0.630. The van der Waals surface area contributed by atoms with Gasteiger partial charge in [0.25, 0.3) is 11.8 Å². The summed E-state index contributed by atoms with van der Waals surface area (Å²) in [7, 11) is 0. The number of aryl methyl sites for hydroxylation is 1. The van der Waals surface area contributed by atoms with Crippen molar-refractivity contribution in [3.05, 3.63) is 45.1 Å². The summed E-state index contributed by atoms with van der Waals surface area (Å²) >= 11 is 1.57. The zero-order chi connectivity index (χ0) is 19.0. The second-order valence-corrected chi connectivity index (χ2v) is 8.23. The summed E-state index contributed by atoms with van der Waals surface area (Å²) in [6.45, 7) is 4.09. The number of hydrazone groups is 1. The highest BCUT2D eigenvalue weighted by atomic mass is 32.1. The molecule has 0 fully saturated rings. The number of hydrogen-bond acceptors (Lipinski definition) is 5. The lowest BCUT2D eigenvalue weighted by molar-refractivity contribution is -0.118. The number of rotatable bonds is 3. The fraction of sp³-hybridized carbons (Fsp3) is 0.350. The van der Waals surface area contributed by atoms with Gasteiger partial charge in [-0.3, -0.25) is 9.59 Å². The van der Waals surface area contributed by atoms with E-state index in [-0.39, 0.29) is 18.4 Å². The van der Waals surface area contributed by atoms with Crippen LogP contribution in [0.15, 0.2) is 29.4 Å². The topological polar surface area (TPSA) is 79.8 Å². The molecule has 0 saturated carbocycles. The number of nitrogens with zero attached hydrogens (tertiary/aromatic N) is 1. The number of benzene rings is 1. The lowest BCUT2D eigenvalue weighted by atomic mass is 9.90. The fourth-order valence-corrected chi connectivity index (χ4v) is 4.48. The molecule has 1 aliphatic carbocycles. The summed E-state index contributed by atoms with van der Waals surface area (Å²) in [5, 5.41) is 7.00. The number of carbonyl (C=O) groups is 2. The van der Waals surface area contributed by atoms with Crippen molar-refractivity contribution in [3.63, 3.8) is 0 Å². The first-order valence-electron chi connectivity index (χ1n) is 9.03. The Morgan fingerprint density at radius 3 is 3.07 bits per heavy atom. The van der Waals surface area contributed by atoms with Gasteiger partial charge in [-0.05, 0) is 67.5 Å². The van der Waals surface area contributed by atoms with Gasteiger partial charge in [0, 0.05) is 4.88 Å². The van der Waals surface area contributed by atoms with Crippen molar-refractivity contribution in [3.8, 4) is 5.75 Å². The third kappa shape index (κ3) is 3.73. The Kier molecular flexibility index (Phi) is 4.70. The van der Waals surface area contributed by atoms with Crippen LogP contribution in [0.4, 0.5) is 5.69 Å². The maximum atomic E-state index is 12.5. The van der Waals surface area contributed by atoms with Gasteiger partial charge in [-0.15, -0.1) is 11.3 Å². The summed E-state index contributed by atoms with van der Waals surface area (Å²) in [4.78, 5) is 26.0. The van der Waals surface area contributed by atoms with E-state index in [0.717, 1.165) is 18.4 Å². The van der Waals surface area contributed by atoms with Gasteiger partial charge in [0.1, 0.15) is 5.75 Å². The second-order valence-electron chi connectivity index (χ2n) is 7.09. The molecule has 2 amide bonds. The highest BCUT2D eigenvalue weighted by molar-refractivity contribution is 7.14. The number of fused-ring (bicyclic) bond motifs is 2. The van der Waals surface area contributed by atoms with Crippen molar-refractivity contribution >= 4 is 34.6 Å². The van der Waals surface area contributed by atoms with Gasteiger partial charge in [-0.1, -0.05) is 6.92 Å². The van der Waals surface area contributed by atoms with Crippen molar-refractivity contribution in [1.82, 2.24) is 5.43 Å². The summed E-state index contributed by atoms with van der Waals surface area (Å²) in [5.41, 5.74) is 6.02. The van der Waals surface area contributed by atoms with Crippen molar-refractivity contribution in [2.75, 3.05) is 11.9 Å². The van der Waals surface area contributed by atoms with E-state index in [2.05, 4.69) is 22.8 Å². The summed E-state index contributed by atoms with van der Waals surface area (Å²) in [6.07, 6.45) is 3.29. The van der Waals surface area contributed by atoms with Crippen LogP contribution in [0.2, 0.25) is 0 Å². The van der Waals surface area contributed by atoms with Gasteiger partial charge >= 0.3 is 0 Å². The first kappa shape index (κ1) is 17.7. The van der Waals surface area contributed by atoms with Crippen LogP contribution >= 0.6 is 11.3 Å². The summed E-state index contributed by atoms with van der Waals surface area (Å²) in [5.74, 6) is 0.944. The maximum absolute atomic E-state index is 12.5. The number of carbonyl (C=O) groups excluding carboxylic acids is 2. The van der Waals surface area contributed by atoms with E-state index in [4.69, 9.17) is 4.74 Å². The lowest BCUT2D eigenvalue weighted by Crippen LogP contribution is -2.25. The molecule has 2 aliphatic rings. The Balaban J connectivity index is 1.47. The molecule has 4 rings (SSSR count). The van der Waals surface area contributed by atoms with E-state index in [1.807, 2.05) is 19.1 Å². The Hall–Kier alpha value is -2.67. The molecule has 2 heterocycles. The Bertz CT molecular complexity index is 948. The predicted molar refractivity (Wildman–Crippen MR) is 106 cm³/mol. The molecule has 27 heavy (non-hydrogen) atoms. The molecule has 1 aliphatic heterocycles. The van der Waals surface area contributed by atoms with Gasteiger partial charge in [0.15, 0.2) is 6.61 Å². The van der Waals surface area contributed by atoms with E-state index in [1.54, 1.807) is 23.5 Å². The van der Waals surface area contributed by atoms with Gasteiger partial charge < -0.3 is 10.1 Å². The largest absolute Gasteiger partial charge is 0.482 e. The average Bonchev–Trinajstić information content (AvgIpc) is 3.08. The van der Waals surface area contributed by atoms with Crippen molar-refractivity contribution in [1.29, 1.82) is 0 Å². The molecule has 0 bridgehead atoms. The number of ether oxygens (including phenoxy) is 1. The normalized spacial score (nSPS) is 18.8. The molecule has 1 aromatic carbocycles. The monoisotopic (exact) mass is 383 g/mol. The highest BCUT2D eigenvalue weighted by Gasteiger charge is 2.21. The van der Waals surface area contributed by atoms with Gasteiger partial charge in [-0.25, -0.2) is 5.43 Å². The molecule has 2 aromatic rings. The van der Waals surface area contributed by atoms with Crippen LogP contribution in [0, 0.1) is 5.92 Å². The van der Waals surface area contributed by atoms with E-state index < -0.39 is 0 Å². The van der Waals surface area contributed by atoms with Crippen molar-refractivity contribution in [2.45, 2.75) is 33.1 Å². The summed E-state index contributed by atoms with van der Waals surface area (Å²) in [6, 6.07) is 7.44. The molecule has 7 heteroatoms. The lowest BCUT2D eigenvalue weighted by Gasteiger charge is -2.18. The van der Waals surface area contributed by atoms with E-state index in [9.17, 15) is 9.59 Å². The zero-order valence-electron chi connectivity index (χ0n) is 15.3. The fourth-order valence-electron chi connectivity index (χ4n) is 3.38. The standard InChI is InChI=1S/C20H21N3O3S/c1-11-3-6-17-14(7-11)9-18(27-17)20(25)23-22-12(2)13-4-5-16-15(8-13)21-19(24)10-26-16/h4-5,8-9,11H,3,6-7,10H2,1-2H3,(H,21,24)(H,23,25)/b22-12+. The van der Waals surface area contributed by atoms with Gasteiger partial charge in [0.2, 0.25) is 0 Å². The molecule has 1 aromatic heterocycles. The second kappa shape index (κ2) is 7.15. The van der Waals surface area contributed by atoms with Gasteiger partial charge in [0.05, 0.1) is 16.3 Å². The molecule has 1 atom stereocenters. The molecular weight excluding hydrogens is 362 g/mol. The molecule has 0 spiro atoms. The molecular formula is C20H21N3O3S. The SMILES string of the molecule is C/C(=N\NC(=O)c1cc2c(s1)CCC(C)C2)c1ccc2c(c1)NC(=O)CO2. The first-order chi connectivity index (χ1) is 13.0. The Labute approximate surface area is 161 Å². The zero-order valence-corrected chi connectivity index (χ0v) is 16.1. The Morgan fingerprint density at radius 2 is 2.22 bits per heavy atom. The van der Waals surface area contributed by atoms with E-state index in [1.165, 1.54) is 16.9 Å². The van der Waals surface area contributed by atoms with Crippen LogP contribution in [0.25, 0.3) is 0 Å². The van der Waals surface area contributed by atoms with Crippen LogP contribution in [0.3, 0.4) is 0 Å². The Morgan fingerprint density at radius 1 is 1.37 bits per heavy atom. The number of anilines is 1. The summed E-state index contributed by atoms with van der Waals surface area (Å²) < 4.78 is 5.35. The number of nitrogens with one attached hydrogen (secondary N) is 2. The molecule has 0 radical (unpaired) electrons. The highest BCUT2D eigenvalue weighted by Crippen LogP contribution is 2.32. The minimum atomic E-state index is -0.184. The minimum absolute atomic E-state index is 0.0268. The van der Waals surface area contributed by atoms with Crippen LogP contribution < -0.4 is 15.5 Å². The third-order valence-electron chi connectivity index (χ3n) is 4.91. The molecule has 0 saturated heterocycles. The number of thiophene rings is 1. The van der Waals surface area contributed by atoms with E-state index >= 15 is 0 Å². The third-order valence-corrected chi connectivity index (χ3v) is 6.14. The first-order valence-corrected chi connectivity index (χ1v) is 9.84. The van der Waals surface area contributed by atoms with E-state index in [0.29, 0.717) is 27.9 Å². The van der Waals surface area contributed by atoms with Crippen LogP contribution in [-0.4, -0.2) is 24.1 Å².